The molecule has 1 heterocycles. The Hall–Kier alpha value is -3.30. The third-order valence-electron chi connectivity index (χ3n) is 5.50. The predicted octanol–water partition coefficient (Wildman–Crippen LogP) is 4.89. The highest BCUT2D eigenvalue weighted by Crippen LogP contribution is 2.31. The van der Waals surface area contributed by atoms with Gasteiger partial charge in [0.15, 0.2) is 0 Å². The van der Waals surface area contributed by atoms with Crippen molar-refractivity contribution in [2.45, 2.75) is 6.04 Å². The molecule has 0 aliphatic carbocycles. The SMILES string of the molecule is N#Cc1c(F)cccc1N1CCN(C(c2ccc(F)cc2)c2ccc(F)cc2)CC1. The fraction of sp³-hybridized carbons (Fsp3) is 0.208. The van der Waals surface area contributed by atoms with Crippen LogP contribution in [0.2, 0.25) is 0 Å². The summed E-state index contributed by atoms with van der Waals surface area (Å²) >= 11 is 0. The summed E-state index contributed by atoms with van der Waals surface area (Å²) in [5.74, 6) is -1.14. The lowest BCUT2D eigenvalue weighted by Crippen LogP contribution is -2.48. The number of halogens is 3. The molecule has 0 N–H and O–H groups in total. The molecule has 3 aromatic rings. The Morgan fingerprint density at radius 2 is 1.27 bits per heavy atom. The predicted molar refractivity (Wildman–Crippen MR) is 110 cm³/mol. The monoisotopic (exact) mass is 407 g/mol. The molecule has 0 unspecified atom stereocenters. The van der Waals surface area contributed by atoms with Crippen LogP contribution in [0.25, 0.3) is 0 Å². The minimum atomic E-state index is -0.520. The van der Waals surface area contributed by atoms with E-state index in [2.05, 4.69) is 4.90 Å². The summed E-state index contributed by atoms with van der Waals surface area (Å²) in [6, 6.07) is 19.1. The van der Waals surface area contributed by atoms with E-state index in [1.165, 1.54) is 30.3 Å². The fourth-order valence-electron chi connectivity index (χ4n) is 4.01. The van der Waals surface area contributed by atoms with Crippen molar-refractivity contribution in [2.24, 2.45) is 0 Å². The molecule has 0 atom stereocenters. The van der Waals surface area contributed by atoms with Crippen LogP contribution >= 0.6 is 0 Å². The first-order valence-corrected chi connectivity index (χ1v) is 9.75. The Morgan fingerprint density at radius 3 is 1.77 bits per heavy atom. The van der Waals surface area contributed by atoms with Crippen LogP contribution in [-0.2, 0) is 0 Å². The highest BCUT2D eigenvalue weighted by atomic mass is 19.1. The summed E-state index contributed by atoms with van der Waals surface area (Å²) in [5, 5.41) is 9.32. The van der Waals surface area contributed by atoms with E-state index in [-0.39, 0.29) is 23.2 Å². The molecular weight excluding hydrogens is 387 g/mol. The molecule has 1 fully saturated rings. The Balaban J connectivity index is 1.60. The van der Waals surface area contributed by atoms with Gasteiger partial charge in [0.2, 0.25) is 0 Å². The zero-order valence-corrected chi connectivity index (χ0v) is 16.2. The van der Waals surface area contributed by atoms with E-state index in [1.807, 2.05) is 11.0 Å². The maximum atomic E-state index is 14.0. The van der Waals surface area contributed by atoms with Gasteiger partial charge in [0, 0.05) is 26.2 Å². The Kier molecular flexibility index (Phi) is 5.73. The smallest absolute Gasteiger partial charge is 0.143 e. The van der Waals surface area contributed by atoms with Gasteiger partial charge in [-0.3, -0.25) is 4.90 Å². The molecule has 3 aromatic carbocycles. The first-order valence-electron chi connectivity index (χ1n) is 9.75. The van der Waals surface area contributed by atoms with Crippen molar-refractivity contribution in [1.29, 1.82) is 5.26 Å². The van der Waals surface area contributed by atoms with Crippen LogP contribution < -0.4 is 4.90 Å². The highest BCUT2D eigenvalue weighted by molar-refractivity contribution is 5.60. The molecule has 0 aromatic heterocycles. The minimum Gasteiger partial charge on any atom is -0.368 e. The van der Waals surface area contributed by atoms with Gasteiger partial charge in [-0.05, 0) is 47.5 Å². The lowest BCUT2D eigenvalue weighted by Gasteiger charge is -2.41. The maximum Gasteiger partial charge on any atom is 0.143 e. The molecule has 0 bridgehead atoms. The summed E-state index contributed by atoms with van der Waals surface area (Å²) in [6.45, 7) is 2.52. The molecule has 0 amide bonds. The summed E-state index contributed by atoms with van der Waals surface area (Å²) in [7, 11) is 0. The van der Waals surface area contributed by atoms with Gasteiger partial charge in [-0.15, -0.1) is 0 Å². The average molecular weight is 407 g/mol. The third-order valence-corrected chi connectivity index (χ3v) is 5.50. The van der Waals surface area contributed by atoms with Gasteiger partial charge in [0.1, 0.15) is 29.1 Å². The number of piperazine rings is 1. The van der Waals surface area contributed by atoms with Gasteiger partial charge in [-0.25, -0.2) is 13.2 Å². The molecule has 0 radical (unpaired) electrons. The van der Waals surface area contributed by atoms with Crippen molar-refractivity contribution >= 4 is 5.69 Å². The molecule has 152 valence electrons. The van der Waals surface area contributed by atoms with E-state index in [0.717, 1.165) is 11.1 Å². The minimum absolute atomic E-state index is 0.0552. The van der Waals surface area contributed by atoms with Crippen LogP contribution in [0, 0.1) is 28.8 Å². The van der Waals surface area contributed by atoms with Crippen LogP contribution in [0.1, 0.15) is 22.7 Å². The number of benzene rings is 3. The summed E-state index contributed by atoms with van der Waals surface area (Å²) in [6.07, 6.45) is 0. The first-order chi connectivity index (χ1) is 14.6. The molecule has 4 rings (SSSR count). The van der Waals surface area contributed by atoms with E-state index in [1.54, 1.807) is 36.4 Å². The largest absolute Gasteiger partial charge is 0.368 e. The van der Waals surface area contributed by atoms with Gasteiger partial charge in [-0.1, -0.05) is 30.3 Å². The van der Waals surface area contributed by atoms with E-state index in [4.69, 9.17) is 0 Å². The maximum absolute atomic E-state index is 14.0. The Morgan fingerprint density at radius 1 is 0.733 bits per heavy atom. The number of nitrogens with zero attached hydrogens (tertiary/aromatic N) is 3. The summed E-state index contributed by atoms with van der Waals surface area (Å²) in [4.78, 5) is 4.24. The summed E-state index contributed by atoms with van der Waals surface area (Å²) < 4.78 is 40.9. The second-order valence-electron chi connectivity index (χ2n) is 7.27. The van der Waals surface area contributed by atoms with Gasteiger partial charge in [-0.2, -0.15) is 5.26 Å². The molecule has 1 aliphatic rings. The van der Waals surface area contributed by atoms with Crippen LogP contribution in [0.4, 0.5) is 18.9 Å². The first kappa shape index (κ1) is 20.0. The molecule has 0 spiro atoms. The number of hydrogen-bond donors (Lipinski definition) is 0. The van der Waals surface area contributed by atoms with Gasteiger partial charge in [0.25, 0.3) is 0 Å². The molecule has 1 saturated heterocycles. The Bertz CT molecular complexity index is 1010. The van der Waals surface area contributed by atoms with Gasteiger partial charge >= 0.3 is 0 Å². The number of anilines is 1. The lowest BCUT2D eigenvalue weighted by atomic mass is 9.96. The standard InChI is InChI=1S/C24H20F3N3/c25-19-8-4-17(5-9-19)24(18-6-10-20(26)11-7-18)30-14-12-29(13-15-30)23-3-1-2-22(27)21(23)16-28/h1-11,24H,12-15H2. The Labute approximate surface area is 173 Å². The zero-order valence-electron chi connectivity index (χ0n) is 16.2. The van der Waals surface area contributed by atoms with Crippen molar-refractivity contribution < 1.29 is 13.2 Å². The van der Waals surface area contributed by atoms with Crippen molar-refractivity contribution in [3.05, 3.63) is 101 Å². The normalized spacial score (nSPS) is 14.7. The molecular formula is C24H20F3N3. The van der Waals surface area contributed by atoms with Crippen molar-refractivity contribution in [3.63, 3.8) is 0 Å². The topological polar surface area (TPSA) is 30.3 Å². The zero-order chi connectivity index (χ0) is 21.1. The van der Waals surface area contributed by atoms with E-state index in [0.29, 0.717) is 31.9 Å². The van der Waals surface area contributed by atoms with Crippen LogP contribution in [0.3, 0.4) is 0 Å². The van der Waals surface area contributed by atoms with Crippen molar-refractivity contribution in [1.82, 2.24) is 4.90 Å². The van der Waals surface area contributed by atoms with E-state index >= 15 is 0 Å². The second kappa shape index (κ2) is 8.60. The second-order valence-corrected chi connectivity index (χ2v) is 7.27. The van der Waals surface area contributed by atoms with Crippen LogP contribution in [0.5, 0.6) is 0 Å². The number of hydrogen-bond acceptors (Lipinski definition) is 3. The van der Waals surface area contributed by atoms with Crippen molar-refractivity contribution in [2.75, 3.05) is 31.1 Å². The van der Waals surface area contributed by atoms with E-state index < -0.39 is 5.82 Å². The number of nitriles is 1. The molecule has 0 saturated carbocycles. The average Bonchev–Trinajstić information content (AvgIpc) is 2.77. The van der Waals surface area contributed by atoms with Crippen LogP contribution in [0.15, 0.2) is 66.7 Å². The highest BCUT2D eigenvalue weighted by Gasteiger charge is 2.28. The molecule has 30 heavy (non-hydrogen) atoms. The van der Waals surface area contributed by atoms with Gasteiger partial charge < -0.3 is 4.90 Å². The van der Waals surface area contributed by atoms with Gasteiger partial charge in [0.05, 0.1) is 11.7 Å². The summed E-state index contributed by atoms with van der Waals surface area (Å²) in [5.41, 5.74) is 2.48. The van der Waals surface area contributed by atoms with Crippen molar-refractivity contribution in [3.8, 4) is 6.07 Å². The van der Waals surface area contributed by atoms with E-state index in [9.17, 15) is 18.4 Å². The van der Waals surface area contributed by atoms with Crippen LogP contribution in [-0.4, -0.2) is 31.1 Å². The quantitative estimate of drug-likeness (QED) is 0.617. The molecule has 6 heteroatoms. The molecule has 3 nitrogen and oxygen atoms in total. The molecule has 1 aliphatic heterocycles. The fourth-order valence-corrected chi connectivity index (χ4v) is 4.01. The number of rotatable bonds is 4. The third kappa shape index (κ3) is 4.03. The lowest BCUT2D eigenvalue weighted by molar-refractivity contribution is 0.212.